The third-order valence-electron chi connectivity index (χ3n) is 2.86. The first-order valence-corrected chi connectivity index (χ1v) is 7.59. The van der Waals surface area contributed by atoms with E-state index in [9.17, 15) is 13.2 Å². The number of sulfonamides is 1. The van der Waals surface area contributed by atoms with Crippen LogP contribution >= 0.6 is 0 Å². The summed E-state index contributed by atoms with van der Waals surface area (Å²) in [6.07, 6.45) is 3.91. The molecule has 0 atom stereocenters. The molecule has 0 aliphatic rings. The van der Waals surface area contributed by atoms with Crippen LogP contribution in [0.2, 0.25) is 0 Å². The number of H-pyrrole nitrogens is 1. The summed E-state index contributed by atoms with van der Waals surface area (Å²) in [5.74, 6) is -0.969. The Morgan fingerprint density at radius 3 is 2.86 bits per heavy atom. The zero-order chi connectivity index (χ0) is 15.5. The van der Waals surface area contributed by atoms with Crippen LogP contribution in [0.25, 0.3) is 0 Å². The second-order valence-electron chi connectivity index (χ2n) is 4.43. The van der Waals surface area contributed by atoms with Crippen molar-refractivity contribution in [2.45, 2.75) is 31.3 Å². The van der Waals surface area contributed by atoms with Gasteiger partial charge in [-0.3, -0.25) is 14.6 Å². The number of rotatable bonds is 7. The van der Waals surface area contributed by atoms with Crippen molar-refractivity contribution in [2.24, 2.45) is 0 Å². The van der Waals surface area contributed by atoms with E-state index in [4.69, 9.17) is 5.11 Å². The van der Waals surface area contributed by atoms with Crippen LogP contribution in [0.15, 0.2) is 23.5 Å². The van der Waals surface area contributed by atoms with E-state index in [-0.39, 0.29) is 24.4 Å². The normalized spacial score (nSPS) is 11.7. The van der Waals surface area contributed by atoms with Crippen LogP contribution in [0, 0.1) is 6.92 Å². The van der Waals surface area contributed by atoms with Gasteiger partial charge in [0.2, 0.25) is 10.0 Å². The van der Waals surface area contributed by atoms with Gasteiger partial charge in [-0.15, -0.1) is 0 Å². The molecule has 0 radical (unpaired) electrons. The Morgan fingerprint density at radius 1 is 1.48 bits per heavy atom. The van der Waals surface area contributed by atoms with Crippen LogP contribution in [0.3, 0.4) is 0 Å². The largest absolute Gasteiger partial charge is 0.481 e. The van der Waals surface area contributed by atoms with Crippen molar-refractivity contribution < 1.29 is 18.3 Å². The van der Waals surface area contributed by atoms with E-state index in [1.807, 2.05) is 0 Å². The first kappa shape index (κ1) is 15.2. The van der Waals surface area contributed by atoms with Gasteiger partial charge in [0.05, 0.1) is 25.4 Å². The number of carbonyl (C=O) groups is 1. The number of nitrogens with one attached hydrogen (secondary N) is 2. The quantitative estimate of drug-likeness (QED) is 0.652. The maximum atomic E-state index is 12.1. The summed E-state index contributed by atoms with van der Waals surface area (Å²) in [5.41, 5.74) is 1.53. The molecule has 0 bridgehead atoms. The zero-order valence-electron chi connectivity index (χ0n) is 11.3. The lowest BCUT2D eigenvalue weighted by Crippen LogP contribution is -2.23. The Labute approximate surface area is 121 Å². The Balaban J connectivity index is 2.02. The standard InChI is InChI=1S/C11H15N5O4S/c1-8-9(4-12-15-8)5-14-21(19,20)10-6-13-16(7-10)3-2-11(17)18/h4,6-7,14H,2-3,5H2,1H3,(H,12,15)(H,17,18). The van der Waals surface area contributed by atoms with Gasteiger partial charge in [0, 0.05) is 24.0 Å². The molecule has 10 heteroatoms. The summed E-state index contributed by atoms with van der Waals surface area (Å²) in [4.78, 5) is 10.5. The van der Waals surface area contributed by atoms with Crippen molar-refractivity contribution in [3.8, 4) is 0 Å². The van der Waals surface area contributed by atoms with Gasteiger partial charge in [-0.25, -0.2) is 13.1 Å². The highest BCUT2D eigenvalue weighted by molar-refractivity contribution is 7.89. The second kappa shape index (κ2) is 6.06. The molecule has 2 aromatic heterocycles. The fourth-order valence-electron chi connectivity index (χ4n) is 1.63. The maximum Gasteiger partial charge on any atom is 0.305 e. The zero-order valence-corrected chi connectivity index (χ0v) is 12.1. The average Bonchev–Trinajstić information content (AvgIpc) is 3.03. The van der Waals surface area contributed by atoms with Crippen LogP contribution < -0.4 is 4.72 Å². The summed E-state index contributed by atoms with van der Waals surface area (Å²) < 4.78 is 27.9. The summed E-state index contributed by atoms with van der Waals surface area (Å²) in [7, 11) is -3.69. The van der Waals surface area contributed by atoms with E-state index in [0.29, 0.717) is 0 Å². The highest BCUT2D eigenvalue weighted by Crippen LogP contribution is 2.09. The SMILES string of the molecule is Cc1[nH]ncc1CNS(=O)(=O)c1cnn(CCC(=O)O)c1. The molecule has 2 heterocycles. The van der Waals surface area contributed by atoms with E-state index in [2.05, 4.69) is 20.0 Å². The number of hydrogen-bond donors (Lipinski definition) is 3. The van der Waals surface area contributed by atoms with Gasteiger partial charge in [0.1, 0.15) is 4.90 Å². The Hall–Kier alpha value is -2.20. The first-order valence-electron chi connectivity index (χ1n) is 6.11. The third kappa shape index (κ3) is 3.89. The molecule has 0 saturated carbocycles. The van der Waals surface area contributed by atoms with Gasteiger partial charge in [0.15, 0.2) is 0 Å². The van der Waals surface area contributed by atoms with E-state index in [1.165, 1.54) is 17.1 Å². The summed E-state index contributed by atoms with van der Waals surface area (Å²) >= 11 is 0. The van der Waals surface area contributed by atoms with Crippen molar-refractivity contribution in [1.82, 2.24) is 24.7 Å². The molecule has 21 heavy (non-hydrogen) atoms. The highest BCUT2D eigenvalue weighted by Gasteiger charge is 2.17. The molecule has 3 N–H and O–H groups in total. The Bertz CT molecular complexity index is 733. The molecule has 0 spiro atoms. The smallest absolute Gasteiger partial charge is 0.305 e. The minimum absolute atomic E-state index is 0.00552. The summed E-state index contributed by atoms with van der Waals surface area (Å²) in [5, 5.41) is 18.9. The summed E-state index contributed by atoms with van der Waals surface area (Å²) in [6.45, 7) is 2.03. The number of aromatic amines is 1. The molecule has 0 unspecified atom stereocenters. The number of carboxylic acid groups (broad SMARTS) is 1. The molecular weight excluding hydrogens is 298 g/mol. The second-order valence-corrected chi connectivity index (χ2v) is 6.19. The Morgan fingerprint density at radius 2 is 2.24 bits per heavy atom. The van der Waals surface area contributed by atoms with Crippen LogP contribution in [0.1, 0.15) is 17.7 Å². The fourth-order valence-corrected chi connectivity index (χ4v) is 2.58. The van der Waals surface area contributed by atoms with Crippen LogP contribution in [0.5, 0.6) is 0 Å². The molecule has 0 amide bonds. The van der Waals surface area contributed by atoms with E-state index >= 15 is 0 Å². The Kier molecular flexibility index (Phi) is 4.38. The van der Waals surface area contributed by atoms with Crippen molar-refractivity contribution in [2.75, 3.05) is 0 Å². The van der Waals surface area contributed by atoms with Gasteiger partial charge < -0.3 is 5.11 Å². The molecule has 0 saturated heterocycles. The molecule has 0 aromatic carbocycles. The summed E-state index contributed by atoms with van der Waals surface area (Å²) in [6, 6.07) is 0. The van der Waals surface area contributed by atoms with E-state index < -0.39 is 16.0 Å². The molecule has 9 nitrogen and oxygen atoms in total. The molecular formula is C11H15N5O4S. The topological polar surface area (TPSA) is 130 Å². The molecule has 0 aliphatic carbocycles. The minimum atomic E-state index is -3.69. The number of aromatic nitrogens is 4. The van der Waals surface area contributed by atoms with Gasteiger partial charge in [-0.1, -0.05) is 0 Å². The van der Waals surface area contributed by atoms with Crippen molar-refractivity contribution >= 4 is 16.0 Å². The molecule has 2 aromatic rings. The van der Waals surface area contributed by atoms with Crippen LogP contribution in [0.4, 0.5) is 0 Å². The number of nitrogens with zero attached hydrogens (tertiary/aromatic N) is 3. The number of aryl methyl sites for hydroxylation is 2. The monoisotopic (exact) mass is 313 g/mol. The molecule has 0 aliphatic heterocycles. The minimum Gasteiger partial charge on any atom is -0.481 e. The predicted octanol–water partition coefficient (Wildman–Crippen LogP) is -0.132. The average molecular weight is 313 g/mol. The molecule has 0 fully saturated rings. The van der Waals surface area contributed by atoms with Gasteiger partial charge >= 0.3 is 5.97 Å². The van der Waals surface area contributed by atoms with Gasteiger partial charge in [0.25, 0.3) is 0 Å². The highest BCUT2D eigenvalue weighted by atomic mass is 32.2. The fraction of sp³-hybridized carbons (Fsp3) is 0.364. The van der Waals surface area contributed by atoms with E-state index in [1.54, 1.807) is 13.1 Å². The van der Waals surface area contributed by atoms with Crippen LogP contribution in [-0.4, -0.2) is 39.5 Å². The van der Waals surface area contributed by atoms with Crippen molar-refractivity contribution in [1.29, 1.82) is 0 Å². The lowest BCUT2D eigenvalue weighted by molar-refractivity contribution is -0.137. The van der Waals surface area contributed by atoms with Crippen molar-refractivity contribution in [3.63, 3.8) is 0 Å². The number of aliphatic carboxylic acids is 1. The number of hydrogen-bond acceptors (Lipinski definition) is 5. The van der Waals surface area contributed by atoms with E-state index in [0.717, 1.165) is 11.3 Å². The molecule has 2 rings (SSSR count). The third-order valence-corrected chi connectivity index (χ3v) is 4.22. The first-order chi connectivity index (χ1) is 9.88. The van der Waals surface area contributed by atoms with Gasteiger partial charge in [-0.05, 0) is 6.92 Å². The van der Waals surface area contributed by atoms with Crippen molar-refractivity contribution in [3.05, 3.63) is 29.8 Å². The lowest BCUT2D eigenvalue weighted by Gasteiger charge is -2.03. The van der Waals surface area contributed by atoms with Crippen LogP contribution in [-0.2, 0) is 27.9 Å². The maximum absolute atomic E-state index is 12.1. The molecule has 114 valence electrons. The van der Waals surface area contributed by atoms with Gasteiger partial charge in [-0.2, -0.15) is 10.2 Å². The lowest BCUT2D eigenvalue weighted by atomic mass is 10.3. The number of carboxylic acids is 1. The predicted molar refractivity (Wildman–Crippen MR) is 71.8 cm³/mol.